The Balaban J connectivity index is 1.22. The molecule has 0 saturated carbocycles. The second-order valence-electron chi connectivity index (χ2n) is 8.60. The predicted molar refractivity (Wildman–Crippen MR) is 124 cm³/mol. The SMILES string of the molecule is COc1ccc(N2CCCN(C(=O)C3CC(=O)N(c4ccc5c(c4)OCCO5)C3)CC2)cc1. The largest absolute Gasteiger partial charge is 0.497 e. The van der Waals surface area contributed by atoms with Gasteiger partial charge in [0.1, 0.15) is 19.0 Å². The summed E-state index contributed by atoms with van der Waals surface area (Å²) in [5.74, 6) is 1.89. The Kier molecular flexibility index (Phi) is 5.98. The summed E-state index contributed by atoms with van der Waals surface area (Å²) in [5, 5.41) is 0. The van der Waals surface area contributed by atoms with Crippen LogP contribution in [0.1, 0.15) is 12.8 Å². The smallest absolute Gasteiger partial charge is 0.228 e. The summed E-state index contributed by atoms with van der Waals surface area (Å²) in [4.78, 5) is 32.0. The molecule has 2 aromatic rings. The molecule has 0 spiro atoms. The number of ether oxygens (including phenoxy) is 3. The number of hydrogen-bond acceptors (Lipinski definition) is 6. The Morgan fingerprint density at radius 2 is 1.70 bits per heavy atom. The van der Waals surface area contributed by atoms with Gasteiger partial charge in [-0.25, -0.2) is 0 Å². The summed E-state index contributed by atoms with van der Waals surface area (Å²) in [7, 11) is 1.66. The van der Waals surface area contributed by atoms with Crippen molar-refractivity contribution in [3.63, 3.8) is 0 Å². The van der Waals surface area contributed by atoms with Gasteiger partial charge in [-0.15, -0.1) is 0 Å². The van der Waals surface area contributed by atoms with Gasteiger partial charge >= 0.3 is 0 Å². The zero-order valence-corrected chi connectivity index (χ0v) is 18.9. The first-order chi connectivity index (χ1) is 16.1. The van der Waals surface area contributed by atoms with Gasteiger partial charge in [-0.2, -0.15) is 0 Å². The van der Waals surface area contributed by atoms with Crippen molar-refractivity contribution in [1.29, 1.82) is 0 Å². The Labute approximate surface area is 193 Å². The van der Waals surface area contributed by atoms with Gasteiger partial charge in [-0.05, 0) is 42.8 Å². The number of carbonyl (C=O) groups excluding carboxylic acids is 2. The van der Waals surface area contributed by atoms with E-state index in [1.165, 1.54) is 0 Å². The lowest BCUT2D eigenvalue weighted by Crippen LogP contribution is -2.40. The van der Waals surface area contributed by atoms with E-state index in [9.17, 15) is 9.59 Å². The molecule has 174 valence electrons. The van der Waals surface area contributed by atoms with Crippen LogP contribution in [0.25, 0.3) is 0 Å². The lowest BCUT2D eigenvalue weighted by molar-refractivity contribution is -0.135. The molecule has 1 unspecified atom stereocenters. The van der Waals surface area contributed by atoms with Gasteiger partial charge in [0, 0.05) is 56.6 Å². The van der Waals surface area contributed by atoms with E-state index in [1.54, 1.807) is 12.0 Å². The fourth-order valence-corrected chi connectivity index (χ4v) is 4.77. The molecule has 0 aliphatic carbocycles. The second-order valence-corrected chi connectivity index (χ2v) is 8.60. The lowest BCUT2D eigenvalue weighted by atomic mass is 10.1. The molecule has 8 heteroatoms. The van der Waals surface area contributed by atoms with Crippen LogP contribution in [0.2, 0.25) is 0 Å². The molecule has 2 saturated heterocycles. The standard InChI is InChI=1S/C25H29N3O5/c1-31-21-6-3-19(4-7-21)26-9-2-10-27(12-11-26)25(30)18-15-24(29)28(17-18)20-5-8-22-23(16-20)33-14-13-32-22/h3-8,16,18H,2,9-15,17H2,1H3. The van der Waals surface area contributed by atoms with Crippen molar-refractivity contribution in [2.75, 3.05) is 62.8 Å². The Bertz CT molecular complexity index is 1030. The highest BCUT2D eigenvalue weighted by molar-refractivity contribution is 6.00. The van der Waals surface area contributed by atoms with E-state index >= 15 is 0 Å². The molecule has 0 N–H and O–H groups in total. The van der Waals surface area contributed by atoms with Gasteiger partial charge < -0.3 is 28.9 Å². The Morgan fingerprint density at radius 1 is 0.939 bits per heavy atom. The molecule has 8 nitrogen and oxygen atoms in total. The first kappa shape index (κ1) is 21.4. The molecule has 3 aliphatic heterocycles. The Hall–Kier alpha value is -3.42. The maximum Gasteiger partial charge on any atom is 0.228 e. The molecule has 2 amide bonds. The van der Waals surface area contributed by atoms with Gasteiger partial charge in [0.15, 0.2) is 11.5 Å². The van der Waals surface area contributed by atoms with E-state index in [-0.39, 0.29) is 24.2 Å². The number of fused-ring (bicyclic) bond motifs is 1. The zero-order chi connectivity index (χ0) is 22.8. The number of anilines is 2. The first-order valence-electron chi connectivity index (χ1n) is 11.5. The highest BCUT2D eigenvalue weighted by atomic mass is 16.6. The van der Waals surface area contributed by atoms with Crippen LogP contribution in [0.3, 0.4) is 0 Å². The van der Waals surface area contributed by atoms with E-state index in [0.29, 0.717) is 44.3 Å². The molecule has 0 radical (unpaired) electrons. The number of amides is 2. The molecule has 0 aromatic heterocycles. The minimum atomic E-state index is -0.321. The average molecular weight is 452 g/mol. The van der Waals surface area contributed by atoms with E-state index in [0.717, 1.165) is 36.6 Å². The van der Waals surface area contributed by atoms with Crippen LogP contribution in [-0.2, 0) is 9.59 Å². The van der Waals surface area contributed by atoms with Crippen LogP contribution in [0, 0.1) is 5.92 Å². The minimum Gasteiger partial charge on any atom is -0.497 e. The van der Waals surface area contributed by atoms with Crippen LogP contribution in [0.4, 0.5) is 11.4 Å². The third kappa shape index (κ3) is 4.42. The monoisotopic (exact) mass is 451 g/mol. The van der Waals surface area contributed by atoms with Crippen molar-refractivity contribution in [3.8, 4) is 17.2 Å². The number of rotatable bonds is 4. The number of hydrogen-bond donors (Lipinski definition) is 0. The van der Waals surface area contributed by atoms with Crippen molar-refractivity contribution >= 4 is 23.2 Å². The molecule has 2 fully saturated rings. The molecule has 2 aromatic carbocycles. The van der Waals surface area contributed by atoms with E-state index in [2.05, 4.69) is 17.0 Å². The second kappa shape index (κ2) is 9.21. The topological polar surface area (TPSA) is 71.6 Å². The van der Waals surface area contributed by atoms with Gasteiger partial charge in [0.05, 0.1) is 13.0 Å². The molecule has 1 atom stereocenters. The highest BCUT2D eigenvalue weighted by Crippen LogP contribution is 2.36. The average Bonchev–Trinajstić information content (AvgIpc) is 3.08. The van der Waals surface area contributed by atoms with Crippen molar-refractivity contribution in [3.05, 3.63) is 42.5 Å². The minimum absolute atomic E-state index is 0.0280. The van der Waals surface area contributed by atoms with Crippen LogP contribution in [0.15, 0.2) is 42.5 Å². The fraction of sp³-hybridized carbons (Fsp3) is 0.440. The van der Waals surface area contributed by atoms with Crippen LogP contribution < -0.4 is 24.0 Å². The predicted octanol–water partition coefficient (Wildman–Crippen LogP) is 2.56. The number of benzene rings is 2. The van der Waals surface area contributed by atoms with E-state index in [1.807, 2.05) is 35.2 Å². The molecular weight excluding hydrogens is 422 g/mol. The quantitative estimate of drug-likeness (QED) is 0.712. The molecule has 5 rings (SSSR count). The van der Waals surface area contributed by atoms with Gasteiger partial charge in [-0.3, -0.25) is 9.59 Å². The summed E-state index contributed by atoms with van der Waals surface area (Å²) in [6, 6.07) is 13.5. The van der Waals surface area contributed by atoms with Crippen molar-refractivity contribution < 1.29 is 23.8 Å². The van der Waals surface area contributed by atoms with Gasteiger partial charge in [0.2, 0.25) is 11.8 Å². The van der Waals surface area contributed by atoms with Gasteiger partial charge in [0.25, 0.3) is 0 Å². The zero-order valence-electron chi connectivity index (χ0n) is 18.9. The number of nitrogens with zero attached hydrogens (tertiary/aromatic N) is 3. The molecule has 0 bridgehead atoms. The van der Waals surface area contributed by atoms with Crippen molar-refractivity contribution in [2.45, 2.75) is 12.8 Å². The van der Waals surface area contributed by atoms with Crippen molar-refractivity contribution in [1.82, 2.24) is 4.90 Å². The van der Waals surface area contributed by atoms with Crippen LogP contribution in [-0.4, -0.2) is 69.8 Å². The van der Waals surface area contributed by atoms with Crippen molar-refractivity contribution in [2.24, 2.45) is 5.92 Å². The fourth-order valence-electron chi connectivity index (χ4n) is 4.77. The summed E-state index contributed by atoms with van der Waals surface area (Å²) in [6.45, 7) is 4.44. The van der Waals surface area contributed by atoms with Crippen LogP contribution >= 0.6 is 0 Å². The third-order valence-corrected chi connectivity index (χ3v) is 6.56. The number of methoxy groups -OCH3 is 1. The molecule has 33 heavy (non-hydrogen) atoms. The normalized spacial score (nSPS) is 20.6. The van der Waals surface area contributed by atoms with Crippen LogP contribution in [0.5, 0.6) is 17.2 Å². The molecule has 3 aliphatic rings. The summed E-state index contributed by atoms with van der Waals surface area (Å²) in [6.07, 6.45) is 1.14. The first-order valence-corrected chi connectivity index (χ1v) is 11.5. The maximum absolute atomic E-state index is 13.3. The summed E-state index contributed by atoms with van der Waals surface area (Å²) < 4.78 is 16.5. The Morgan fingerprint density at radius 3 is 2.48 bits per heavy atom. The highest BCUT2D eigenvalue weighted by Gasteiger charge is 2.38. The molecular formula is C25H29N3O5. The lowest BCUT2D eigenvalue weighted by Gasteiger charge is -2.26. The summed E-state index contributed by atoms with van der Waals surface area (Å²) in [5.41, 5.74) is 1.88. The third-order valence-electron chi connectivity index (χ3n) is 6.56. The van der Waals surface area contributed by atoms with E-state index < -0.39 is 0 Å². The number of carbonyl (C=O) groups is 2. The maximum atomic E-state index is 13.3. The van der Waals surface area contributed by atoms with E-state index in [4.69, 9.17) is 14.2 Å². The van der Waals surface area contributed by atoms with Gasteiger partial charge in [-0.1, -0.05) is 0 Å². The molecule has 3 heterocycles. The summed E-state index contributed by atoms with van der Waals surface area (Å²) >= 11 is 0.